The molecule has 0 aliphatic rings. The highest BCUT2D eigenvalue weighted by Gasteiger charge is 2.30. The Kier molecular flexibility index (Phi) is 5.54. The van der Waals surface area contributed by atoms with Crippen molar-refractivity contribution in [2.24, 2.45) is 0 Å². The third-order valence-electron chi connectivity index (χ3n) is 5.09. The van der Waals surface area contributed by atoms with E-state index in [1.54, 1.807) is 19.1 Å². The summed E-state index contributed by atoms with van der Waals surface area (Å²) in [5.74, 6) is -0.450. The topological polar surface area (TPSA) is 72.2 Å². The van der Waals surface area contributed by atoms with Crippen LogP contribution in [0.15, 0.2) is 78.9 Å². The number of carbonyl (C=O) groups is 1. The minimum absolute atomic E-state index is 0.0773. The van der Waals surface area contributed by atoms with E-state index in [0.29, 0.717) is 12.1 Å². The van der Waals surface area contributed by atoms with Crippen LogP contribution < -0.4 is 5.32 Å². The molecule has 1 amide bonds. The Morgan fingerprint density at radius 3 is 1.96 bits per heavy atom. The molecule has 0 radical (unpaired) electrons. The van der Waals surface area contributed by atoms with Crippen molar-refractivity contribution in [1.82, 2.24) is 5.32 Å². The predicted molar refractivity (Wildman–Crippen MR) is 110 cm³/mol. The first-order valence-electron chi connectivity index (χ1n) is 9.07. The normalized spacial score (nSPS) is 11.1. The van der Waals surface area contributed by atoms with Gasteiger partial charge in [0.25, 0.3) is 11.6 Å². The average molecular weight is 374 g/mol. The van der Waals surface area contributed by atoms with E-state index in [1.807, 2.05) is 60.7 Å². The second-order valence-corrected chi connectivity index (χ2v) is 6.98. The van der Waals surface area contributed by atoms with Crippen molar-refractivity contribution in [3.63, 3.8) is 0 Å². The molecule has 0 heterocycles. The van der Waals surface area contributed by atoms with E-state index in [-0.39, 0.29) is 11.3 Å². The van der Waals surface area contributed by atoms with Crippen molar-refractivity contribution in [2.75, 3.05) is 6.54 Å². The molecule has 142 valence electrons. The molecule has 0 aliphatic heterocycles. The third-order valence-corrected chi connectivity index (χ3v) is 5.09. The number of nitro groups is 1. The van der Waals surface area contributed by atoms with E-state index in [2.05, 4.69) is 12.2 Å². The van der Waals surface area contributed by atoms with Crippen molar-refractivity contribution in [1.29, 1.82) is 0 Å². The number of rotatable bonds is 6. The SMILES string of the molecule is Cc1cccc(C(=O)NCC(C)(c2ccccc2)c2ccccc2)c1[N+](=O)[O-]. The van der Waals surface area contributed by atoms with Gasteiger partial charge in [-0.25, -0.2) is 0 Å². The molecule has 28 heavy (non-hydrogen) atoms. The first kappa shape index (κ1) is 19.3. The van der Waals surface area contributed by atoms with Crippen LogP contribution in [-0.2, 0) is 5.41 Å². The summed E-state index contributed by atoms with van der Waals surface area (Å²) in [6.45, 7) is 4.00. The maximum atomic E-state index is 12.8. The first-order chi connectivity index (χ1) is 13.4. The Morgan fingerprint density at radius 1 is 0.929 bits per heavy atom. The van der Waals surface area contributed by atoms with Gasteiger partial charge in [-0.3, -0.25) is 14.9 Å². The van der Waals surface area contributed by atoms with Gasteiger partial charge < -0.3 is 5.32 Å². The Hall–Kier alpha value is -3.47. The quantitative estimate of drug-likeness (QED) is 0.505. The Morgan fingerprint density at radius 2 is 1.46 bits per heavy atom. The molecule has 0 saturated carbocycles. The Balaban J connectivity index is 1.93. The number of hydrogen-bond donors (Lipinski definition) is 1. The van der Waals surface area contributed by atoms with E-state index in [0.717, 1.165) is 11.1 Å². The van der Waals surface area contributed by atoms with Gasteiger partial charge in [0.05, 0.1) is 4.92 Å². The van der Waals surface area contributed by atoms with Crippen molar-refractivity contribution in [2.45, 2.75) is 19.3 Å². The minimum atomic E-state index is -0.502. The minimum Gasteiger partial charge on any atom is -0.351 e. The fourth-order valence-electron chi connectivity index (χ4n) is 3.42. The van der Waals surface area contributed by atoms with Gasteiger partial charge in [0.1, 0.15) is 5.56 Å². The number of hydrogen-bond acceptors (Lipinski definition) is 3. The molecule has 0 spiro atoms. The van der Waals surface area contributed by atoms with Gasteiger partial charge >= 0.3 is 0 Å². The highest BCUT2D eigenvalue weighted by Crippen LogP contribution is 2.31. The highest BCUT2D eigenvalue weighted by molar-refractivity contribution is 5.98. The molecule has 1 N–H and O–H groups in total. The molecule has 5 heteroatoms. The van der Waals surface area contributed by atoms with Crippen LogP contribution in [0, 0.1) is 17.0 Å². The molecule has 5 nitrogen and oxygen atoms in total. The van der Waals surface area contributed by atoms with E-state index >= 15 is 0 Å². The summed E-state index contributed by atoms with van der Waals surface area (Å²) in [5.41, 5.74) is 2.03. The van der Waals surface area contributed by atoms with E-state index < -0.39 is 16.2 Å². The third kappa shape index (κ3) is 3.78. The van der Waals surface area contributed by atoms with Crippen molar-refractivity contribution >= 4 is 11.6 Å². The number of nitro benzene ring substituents is 1. The van der Waals surface area contributed by atoms with Gasteiger partial charge in [-0.2, -0.15) is 0 Å². The van der Waals surface area contributed by atoms with E-state index in [4.69, 9.17) is 0 Å². The number of para-hydroxylation sites is 1. The summed E-state index contributed by atoms with van der Waals surface area (Å²) < 4.78 is 0. The summed E-state index contributed by atoms with van der Waals surface area (Å²) >= 11 is 0. The van der Waals surface area contributed by atoms with Crippen LogP contribution in [0.25, 0.3) is 0 Å². The highest BCUT2D eigenvalue weighted by atomic mass is 16.6. The summed E-state index contributed by atoms with van der Waals surface area (Å²) in [6.07, 6.45) is 0. The van der Waals surface area contributed by atoms with Crippen molar-refractivity contribution in [3.05, 3.63) is 111 Å². The van der Waals surface area contributed by atoms with Gasteiger partial charge in [-0.05, 0) is 31.0 Å². The molecular formula is C23H22N2O3. The number of aryl methyl sites for hydroxylation is 1. The molecule has 0 atom stereocenters. The predicted octanol–water partition coefficient (Wildman–Crippen LogP) is 4.64. The maximum absolute atomic E-state index is 12.8. The zero-order valence-corrected chi connectivity index (χ0v) is 15.9. The number of nitrogens with zero attached hydrogens (tertiary/aromatic N) is 1. The maximum Gasteiger partial charge on any atom is 0.285 e. The lowest BCUT2D eigenvalue weighted by molar-refractivity contribution is -0.385. The van der Waals surface area contributed by atoms with Crippen LogP contribution in [0.2, 0.25) is 0 Å². The van der Waals surface area contributed by atoms with Gasteiger partial charge in [0.15, 0.2) is 0 Å². The molecule has 3 aromatic carbocycles. The van der Waals surface area contributed by atoms with Gasteiger partial charge in [-0.1, -0.05) is 72.8 Å². The van der Waals surface area contributed by atoms with Crippen LogP contribution in [0.5, 0.6) is 0 Å². The largest absolute Gasteiger partial charge is 0.351 e. The lowest BCUT2D eigenvalue weighted by Crippen LogP contribution is -2.39. The molecule has 3 rings (SSSR count). The lowest BCUT2D eigenvalue weighted by Gasteiger charge is -2.31. The van der Waals surface area contributed by atoms with E-state index in [1.165, 1.54) is 6.07 Å². The lowest BCUT2D eigenvalue weighted by atomic mass is 9.76. The molecule has 0 fully saturated rings. The molecule has 0 aliphatic carbocycles. The second kappa shape index (κ2) is 8.05. The van der Waals surface area contributed by atoms with Crippen LogP contribution >= 0.6 is 0 Å². The van der Waals surface area contributed by atoms with Crippen molar-refractivity contribution in [3.8, 4) is 0 Å². The molecule has 3 aromatic rings. The van der Waals surface area contributed by atoms with Crippen molar-refractivity contribution < 1.29 is 9.72 Å². The molecule has 0 bridgehead atoms. The second-order valence-electron chi connectivity index (χ2n) is 6.98. The molecule has 0 aromatic heterocycles. The summed E-state index contributed by atoms with van der Waals surface area (Å²) in [6, 6.07) is 24.6. The monoisotopic (exact) mass is 374 g/mol. The Bertz CT molecular complexity index is 946. The van der Waals surface area contributed by atoms with Crippen LogP contribution in [-0.4, -0.2) is 17.4 Å². The van der Waals surface area contributed by atoms with E-state index in [9.17, 15) is 14.9 Å². The average Bonchev–Trinajstić information content (AvgIpc) is 2.72. The zero-order chi connectivity index (χ0) is 20.1. The zero-order valence-electron chi connectivity index (χ0n) is 15.9. The van der Waals surface area contributed by atoms with Crippen LogP contribution in [0.4, 0.5) is 5.69 Å². The summed E-state index contributed by atoms with van der Waals surface area (Å²) in [4.78, 5) is 23.7. The number of nitrogens with one attached hydrogen (secondary N) is 1. The van der Waals surface area contributed by atoms with Gasteiger partial charge in [-0.15, -0.1) is 0 Å². The number of carbonyl (C=O) groups excluding carboxylic acids is 1. The number of amides is 1. The Labute approximate surface area is 164 Å². The van der Waals surface area contributed by atoms with Gasteiger partial charge in [0.2, 0.25) is 0 Å². The molecule has 0 saturated heterocycles. The number of benzene rings is 3. The van der Waals surface area contributed by atoms with Gasteiger partial charge in [0, 0.05) is 17.5 Å². The smallest absolute Gasteiger partial charge is 0.285 e. The van der Waals surface area contributed by atoms with Crippen LogP contribution in [0.1, 0.15) is 34.0 Å². The molecular weight excluding hydrogens is 352 g/mol. The fourth-order valence-corrected chi connectivity index (χ4v) is 3.42. The summed E-state index contributed by atoms with van der Waals surface area (Å²) in [5, 5.41) is 14.3. The fraction of sp³-hybridized carbons (Fsp3) is 0.174. The first-order valence-corrected chi connectivity index (χ1v) is 9.07. The molecule has 0 unspecified atom stereocenters. The standard InChI is InChI=1S/C23H22N2O3/c1-17-10-9-15-20(21(17)25(27)28)22(26)24-16-23(2,18-11-5-3-6-12-18)19-13-7-4-8-14-19/h3-15H,16H2,1-2H3,(H,24,26). The van der Waals surface area contributed by atoms with Crippen LogP contribution in [0.3, 0.4) is 0 Å². The summed E-state index contributed by atoms with van der Waals surface area (Å²) in [7, 11) is 0.